The summed E-state index contributed by atoms with van der Waals surface area (Å²) >= 11 is 0. The Morgan fingerprint density at radius 2 is 1.89 bits per heavy atom. The van der Waals surface area contributed by atoms with Crippen LogP contribution in [0.1, 0.15) is 52.6 Å². The van der Waals surface area contributed by atoms with Crippen LogP contribution in [0.15, 0.2) is 24.3 Å². The highest BCUT2D eigenvalue weighted by Crippen LogP contribution is 2.18. The molecule has 1 aliphatic rings. The lowest BCUT2D eigenvalue weighted by Crippen LogP contribution is -2.41. The maximum Gasteiger partial charge on any atom is 0.342 e. The van der Waals surface area contributed by atoms with Crippen molar-refractivity contribution in [3.8, 4) is 0 Å². The van der Waals surface area contributed by atoms with E-state index in [2.05, 4.69) is 36.3 Å². The number of ether oxygens (including phenoxy) is 1. The molecule has 0 bridgehead atoms. The van der Waals surface area contributed by atoms with Crippen LogP contribution in [0.3, 0.4) is 0 Å². The van der Waals surface area contributed by atoms with Crippen LogP contribution in [-0.4, -0.2) is 46.3 Å². The molecular formula is C22H29N3O3. The zero-order chi connectivity index (χ0) is 20.3. The second-order valence-corrected chi connectivity index (χ2v) is 7.85. The first-order valence-electron chi connectivity index (χ1n) is 9.89. The summed E-state index contributed by atoms with van der Waals surface area (Å²) in [5, 5.41) is 4.50. The van der Waals surface area contributed by atoms with E-state index in [1.54, 1.807) is 11.8 Å². The lowest BCUT2D eigenvalue weighted by molar-refractivity contribution is -0.136. The molecule has 0 spiro atoms. The van der Waals surface area contributed by atoms with E-state index in [0.29, 0.717) is 23.7 Å². The Morgan fingerprint density at radius 1 is 1.18 bits per heavy atom. The predicted octanol–water partition coefficient (Wildman–Crippen LogP) is 3.27. The van der Waals surface area contributed by atoms with Gasteiger partial charge in [0, 0.05) is 13.1 Å². The van der Waals surface area contributed by atoms with E-state index in [1.807, 2.05) is 18.5 Å². The first-order valence-corrected chi connectivity index (χ1v) is 9.89. The van der Waals surface area contributed by atoms with Crippen molar-refractivity contribution < 1.29 is 14.3 Å². The summed E-state index contributed by atoms with van der Waals surface area (Å²) in [7, 11) is 0. The molecule has 1 aromatic heterocycles. The fourth-order valence-electron chi connectivity index (χ4n) is 3.72. The Bertz CT molecular complexity index is 855. The molecule has 6 heteroatoms. The highest BCUT2D eigenvalue weighted by molar-refractivity contribution is 5.93. The molecular weight excluding hydrogens is 354 g/mol. The molecule has 0 radical (unpaired) electrons. The number of carbonyl (C=O) groups excluding carboxylic acids is 2. The van der Waals surface area contributed by atoms with Gasteiger partial charge < -0.3 is 9.64 Å². The number of rotatable bonds is 5. The summed E-state index contributed by atoms with van der Waals surface area (Å²) in [5.74, 6) is -0.108. The summed E-state index contributed by atoms with van der Waals surface area (Å²) in [4.78, 5) is 26.7. The van der Waals surface area contributed by atoms with Crippen LogP contribution in [0.5, 0.6) is 0 Å². The van der Waals surface area contributed by atoms with E-state index in [1.165, 1.54) is 5.56 Å². The number of piperidine rings is 1. The summed E-state index contributed by atoms with van der Waals surface area (Å²) < 4.78 is 7.15. The Kier molecular flexibility index (Phi) is 6.17. The number of nitrogens with zero attached hydrogens (tertiary/aromatic N) is 3. The van der Waals surface area contributed by atoms with Crippen molar-refractivity contribution in [2.45, 2.75) is 47.1 Å². The molecule has 0 unspecified atom stereocenters. The molecule has 1 saturated heterocycles. The number of hydrogen-bond donors (Lipinski definition) is 0. The number of aromatic nitrogens is 2. The number of carbonyl (C=O) groups is 2. The van der Waals surface area contributed by atoms with Gasteiger partial charge in [-0.2, -0.15) is 5.10 Å². The molecule has 0 saturated carbocycles. The number of aryl methyl sites for hydroxylation is 2. The summed E-state index contributed by atoms with van der Waals surface area (Å²) in [6, 6.07) is 8.23. The van der Waals surface area contributed by atoms with Gasteiger partial charge in [0.15, 0.2) is 6.61 Å². The third kappa shape index (κ3) is 4.61. The first-order chi connectivity index (χ1) is 13.3. The standard InChI is InChI=1S/C22H29N3O3/c1-15-7-9-19(10-8-15)13-25-18(4)21(17(3)23-25)22(27)28-14-20(26)24-11-5-6-16(2)12-24/h7-10,16H,5-6,11-14H2,1-4H3/t16-/m0/s1. The average Bonchev–Trinajstić information content (AvgIpc) is 2.94. The second-order valence-electron chi connectivity index (χ2n) is 7.85. The molecule has 6 nitrogen and oxygen atoms in total. The van der Waals surface area contributed by atoms with Crippen molar-refractivity contribution >= 4 is 11.9 Å². The predicted molar refractivity (Wildman–Crippen MR) is 107 cm³/mol. The number of hydrogen-bond acceptors (Lipinski definition) is 4. The van der Waals surface area contributed by atoms with Crippen molar-refractivity contribution in [1.29, 1.82) is 0 Å². The molecule has 2 heterocycles. The van der Waals surface area contributed by atoms with Gasteiger partial charge in [0.1, 0.15) is 5.56 Å². The SMILES string of the molecule is Cc1ccc(Cn2nc(C)c(C(=O)OCC(=O)N3CCC[C@H](C)C3)c2C)cc1. The van der Waals surface area contributed by atoms with Crippen molar-refractivity contribution in [2.24, 2.45) is 5.92 Å². The Morgan fingerprint density at radius 3 is 2.57 bits per heavy atom. The lowest BCUT2D eigenvalue weighted by atomic mass is 10.0. The quantitative estimate of drug-likeness (QED) is 0.744. The fraction of sp³-hybridized carbons (Fsp3) is 0.500. The molecule has 0 N–H and O–H groups in total. The van der Waals surface area contributed by atoms with Crippen LogP contribution in [-0.2, 0) is 16.1 Å². The van der Waals surface area contributed by atoms with Crippen molar-refractivity contribution in [3.05, 3.63) is 52.3 Å². The number of likely N-dealkylation sites (tertiary alicyclic amines) is 1. The fourth-order valence-corrected chi connectivity index (χ4v) is 3.72. The van der Waals surface area contributed by atoms with Crippen LogP contribution < -0.4 is 0 Å². The molecule has 1 atom stereocenters. The van der Waals surface area contributed by atoms with Crippen LogP contribution in [0.2, 0.25) is 0 Å². The average molecular weight is 383 g/mol. The molecule has 3 rings (SSSR count). The highest BCUT2D eigenvalue weighted by Gasteiger charge is 2.24. The third-order valence-electron chi connectivity index (χ3n) is 5.38. The highest BCUT2D eigenvalue weighted by atomic mass is 16.5. The molecule has 0 aliphatic carbocycles. The minimum Gasteiger partial charge on any atom is -0.452 e. The normalized spacial score (nSPS) is 16.9. The maximum absolute atomic E-state index is 12.6. The van der Waals surface area contributed by atoms with E-state index < -0.39 is 5.97 Å². The van der Waals surface area contributed by atoms with Gasteiger partial charge in [-0.25, -0.2) is 4.79 Å². The minimum atomic E-state index is -0.483. The Labute approximate surface area is 166 Å². The van der Waals surface area contributed by atoms with Gasteiger partial charge in [0.25, 0.3) is 5.91 Å². The second kappa shape index (κ2) is 8.59. The molecule has 1 amide bonds. The zero-order valence-electron chi connectivity index (χ0n) is 17.2. The van der Waals surface area contributed by atoms with Gasteiger partial charge in [0.2, 0.25) is 0 Å². The smallest absolute Gasteiger partial charge is 0.342 e. The van der Waals surface area contributed by atoms with Crippen molar-refractivity contribution in [3.63, 3.8) is 0 Å². The van der Waals surface area contributed by atoms with Crippen LogP contribution in [0.4, 0.5) is 0 Å². The summed E-state index contributed by atoms with van der Waals surface area (Å²) in [6.07, 6.45) is 2.15. The van der Waals surface area contributed by atoms with Gasteiger partial charge in [0.05, 0.1) is 17.9 Å². The third-order valence-corrected chi connectivity index (χ3v) is 5.38. The van der Waals surface area contributed by atoms with Gasteiger partial charge >= 0.3 is 5.97 Å². The van der Waals surface area contributed by atoms with Gasteiger partial charge in [-0.15, -0.1) is 0 Å². The molecule has 1 aliphatic heterocycles. The number of esters is 1. The van der Waals surface area contributed by atoms with E-state index in [-0.39, 0.29) is 12.5 Å². The summed E-state index contributed by atoms with van der Waals surface area (Å²) in [5.41, 5.74) is 4.14. The molecule has 2 aromatic rings. The molecule has 1 aromatic carbocycles. The number of amides is 1. The van der Waals surface area contributed by atoms with E-state index in [4.69, 9.17) is 4.74 Å². The lowest BCUT2D eigenvalue weighted by Gasteiger charge is -2.30. The van der Waals surface area contributed by atoms with E-state index in [0.717, 1.165) is 37.2 Å². The largest absolute Gasteiger partial charge is 0.452 e. The first kappa shape index (κ1) is 20.1. The van der Waals surface area contributed by atoms with Crippen molar-refractivity contribution in [1.82, 2.24) is 14.7 Å². The molecule has 28 heavy (non-hydrogen) atoms. The van der Waals surface area contributed by atoms with Crippen molar-refractivity contribution in [2.75, 3.05) is 19.7 Å². The van der Waals surface area contributed by atoms with Crippen LogP contribution in [0.25, 0.3) is 0 Å². The maximum atomic E-state index is 12.6. The monoisotopic (exact) mass is 383 g/mol. The van der Waals surface area contributed by atoms with E-state index in [9.17, 15) is 9.59 Å². The minimum absolute atomic E-state index is 0.123. The van der Waals surface area contributed by atoms with Crippen LogP contribution >= 0.6 is 0 Å². The Hall–Kier alpha value is -2.63. The molecule has 1 fully saturated rings. The Balaban J connectivity index is 1.64. The summed E-state index contributed by atoms with van der Waals surface area (Å²) in [6.45, 7) is 9.70. The zero-order valence-corrected chi connectivity index (χ0v) is 17.2. The molecule has 150 valence electrons. The van der Waals surface area contributed by atoms with E-state index >= 15 is 0 Å². The number of benzene rings is 1. The topological polar surface area (TPSA) is 64.4 Å². The van der Waals surface area contributed by atoms with Crippen LogP contribution in [0, 0.1) is 26.7 Å². The van der Waals surface area contributed by atoms with Gasteiger partial charge in [-0.1, -0.05) is 36.8 Å². The van der Waals surface area contributed by atoms with Gasteiger partial charge in [-0.3, -0.25) is 9.48 Å². The van der Waals surface area contributed by atoms with Gasteiger partial charge in [-0.05, 0) is 45.1 Å².